The molecule has 1 saturated heterocycles. The van der Waals surface area contributed by atoms with Crippen LogP contribution in [0.4, 0.5) is 0 Å². The van der Waals surface area contributed by atoms with Crippen molar-refractivity contribution >= 4 is 52.5 Å². The first kappa shape index (κ1) is 27.9. The van der Waals surface area contributed by atoms with Crippen LogP contribution in [0.15, 0.2) is 73.1 Å². The van der Waals surface area contributed by atoms with Gasteiger partial charge < -0.3 is 15.1 Å². The van der Waals surface area contributed by atoms with Gasteiger partial charge in [0.25, 0.3) is 0 Å². The van der Waals surface area contributed by atoms with E-state index >= 15 is 0 Å². The van der Waals surface area contributed by atoms with Gasteiger partial charge in [0.05, 0.1) is 6.42 Å². The van der Waals surface area contributed by atoms with Gasteiger partial charge in [-0.25, -0.2) is 0 Å². The predicted molar refractivity (Wildman–Crippen MR) is 148 cm³/mol. The van der Waals surface area contributed by atoms with Gasteiger partial charge in [-0.05, 0) is 59.5 Å². The van der Waals surface area contributed by atoms with Crippen molar-refractivity contribution < 1.29 is 14.4 Å². The molecule has 1 fully saturated rings. The number of alkyl halides is 1. The summed E-state index contributed by atoms with van der Waals surface area (Å²) in [5.41, 5.74) is 1.96. The molecule has 2 atom stereocenters. The van der Waals surface area contributed by atoms with E-state index in [1.54, 1.807) is 48.8 Å². The number of carbonyl (C=O) groups is 3. The summed E-state index contributed by atoms with van der Waals surface area (Å²) < 4.78 is 0. The van der Waals surface area contributed by atoms with Gasteiger partial charge in [0.15, 0.2) is 0 Å². The molecule has 3 amide bonds. The van der Waals surface area contributed by atoms with Crippen molar-refractivity contribution in [2.24, 2.45) is 0 Å². The monoisotopic (exact) mass is 572 g/mol. The molecule has 10 heteroatoms. The number of benzene rings is 2. The number of halogens is 3. The molecule has 2 heterocycles. The largest absolute Gasteiger partial charge is 0.356 e. The van der Waals surface area contributed by atoms with Crippen LogP contribution in [0.1, 0.15) is 23.1 Å². The molecule has 0 spiro atoms. The fourth-order valence-corrected chi connectivity index (χ4v) is 4.90. The smallest absolute Gasteiger partial charge is 0.247 e. The van der Waals surface area contributed by atoms with E-state index in [0.717, 1.165) is 16.7 Å². The Morgan fingerprint density at radius 2 is 1.53 bits per heavy atom. The molecule has 4 rings (SSSR count). The van der Waals surface area contributed by atoms with Gasteiger partial charge in [-0.3, -0.25) is 19.4 Å². The second-order valence-corrected chi connectivity index (χ2v) is 10.4. The summed E-state index contributed by atoms with van der Waals surface area (Å²) in [6, 6.07) is 17.1. The van der Waals surface area contributed by atoms with Gasteiger partial charge in [0.2, 0.25) is 17.7 Å². The second-order valence-electron chi connectivity index (χ2n) is 9.05. The number of carbonyl (C=O) groups excluding carboxylic acids is 3. The van der Waals surface area contributed by atoms with Crippen LogP contribution >= 0.6 is 34.8 Å². The number of piperazine rings is 1. The lowest BCUT2D eigenvalue weighted by molar-refractivity contribution is -0.158. The van der Waals surface area contributed by atoms with E-state index < -0.39 is 11.5 Å². The number of hydrogen-bond acceptors (Lipinski definition) is 4. The molecule has 2 aromatic carbocycles. The van der Waals surface area contributed by atoms with Crippen LogP contribution in [0.3, 0.4) is 0 Å². The molecule has 2 unspecified atom stereocenters. The molecular weight excluding hydrogens is 547 g/mol. The van der Waals surface area contributed by atoms with E-state index in [1.165, 1.54) is 9.80 Å². The standard InChI is InChI=1S/C28H27Cl3N4O3/c29-22-5-1-19(2-6-22)11-14-33-26(36)16-24-28(38)35(25(31)15-20-3-7-23(30)8-4-20)18-27(37)34(24)17-21-9-12-32-13-10-21/h1-10,12-13,24-25H,11,14-18H2,(H,33,36). The van der Waals surface area contributed by atoms with E-state index in [-0.39, 0.29) is 37.2 Å². The number of nitrogens with zero attached hydrogens (tertiary/aromatic N) is 3. The van der Waals surface area contributed by atoms with Gasteiger partial charge in [-0.2, -0.15) is 0 Å². The molecular formula is C28H27Cl3N4O3. The lowest BCUT2D eigenvalue weighted by Crippen LogP contribution is -2.62. The quantitative estimate of drug-likeness (QED) is 0.286. The minimum atomic E-state index is -0.980. The Balaban J connectivity index is 1.46. The molecule has 1 aromatic heterocycles. The molecule has 0 bridgehead atoms. The first-order valence-corrected chi connectivity index (χ1v) is 13.4. The Morgan fingerprint density at radius 1 is 0.921 bits per heavy atom. The third-order valence-corrected chi connectivity index (χ3v) is 7.25. The lowest BCUT2D eigenvalue weighted by atomic mass is 10.0. The van der Waals surface area contributed by atoms with Crippen LogP contribution in [0.2, 0.25) is 10.0 Å². The number of aromatic nitrogens is 1. The maximum absolute atomic E-state index is 13.6. The molecule has 3 aromatic rings. The number of rotatable bonds is 10. The maximum Gasteiger partial charge on any atom is 0.247 e. The molecule has 1 N–H and O–H groups in total. The van der Waals surface area contributed by atoms with Gasteiger partial charge in [-0.15, -0.1) is 0 Å². The third-order valence-electron chi connectivity index (χ3n) is 6.36. The minimum absolute atomic E-state index is 0.166. The van der Waals surface area contributed by atoms with Crippen LogP contribution in [0, 0.1) is 0 Å². The van der Waals surface area contributed by atoms with Crippen LogP contribution in [-0.2, 0) is 33.8 Å². The van der Waals surface area contributed by atoms with Crippen molar-refractivity contribution in [2.75, 3.05) is 13.1 Å². The average Bonchev–Trinajstić information content (AvgIpc) is 2.91. The SMILES string of the molecule is O=C(CC1C(=O)N(C(Cl)Cc2ccc(Cl)cc2)CC(=O)N1Cc1ccncc1)NCCc1ccc(Cl)cc1. The number of amides is 3. The van der Waals surface area contributed by atoms with Gasteiger partial charge in [0, 0.05) is 41.9 Å². The Morgan fingerprint density at radius 3 is 2.16 bits per heavy atom. The molecule has 1 aliphatic heterocycles. The van der Waals surface area contributed by atoms with Crippen molar-refractivity contribution in [3.8, 4) is 0 Å². The Bertz CT molecular complexity index is 1260. The van der Waals surface area contributed by atoms with Crippen molar-refractivity contribution in [2.45, 2.75) is 37.4 Å². The van der Waals surface area contributed by atoms with E-state index in [0.29, 0.717) is 29.4 Å². The average molecular weight is 574 g/mol. The molecule has 1 aliphatic rings. The fourth-order valence-electron chi connectivity index (χ4n) is 4.30. The van der Waals surface area contributed by atoms with Crippen LogP contribution in [0.5, 0.6) is 0 Å². The Kier molecular flexibility index (Phi) is 9.61. The summed E-state index contributed by atoms with van der Waals surface area (Å²) in [4.78, 5) is 46.6. The molecule has 7 nitrogen and oxygen atoms in total. The first-order valence-electron chi connectivity index (χ1n) is 12.2. The number of nitrogens with one attached hydrogen (secondary N) is 1. The summed E-state index contributed by atoms with van der Waals surface area (Å²) in [7, 11) is 0. The van der Waals surface area contributed by atoms with Gasteiger partial charge in [-0.1, -0.05) is 59.1 Å². The normalized spacial score (nSPS) is 16.4. The highest BCUT2D eigenvalue weighted by Crippen LogP contribution is 2.24. The molecule has 198 valence electrons. The van der Waals surface area contributed by atoms with Crippen molar-refractivity contribution in [3.63, 3.8) is 0 Å². The van der Waals surface area contributed by atoms with Gasteiger partial charge in [0.1, 0.15) is 18.1 Å². The van der Waals surface area contributed by atoms with Gasteiger partial charge >= 0.3 is 0 Å². The van der Waals surface area contributed by atoms with Crippen LogP contribution in [0.25, 0.3) is 0 Å². The number of pyridine rings is 1. The second kappa shape index (κ2) is 13.1. The summed E-state index contributed by atoms with van der Waals surface area (Å²) in [5.74, 6) is -0.960. The van der Waals surface area contributed by atoms with E-state index in [9.17, 15) is 14.4 Å². The summed E-state index contributed by atoms with van der Waals surface area (Å²) in [6.45, 7) is 0.409. The minimum Gasteiger partial charge on any atom is -0.356 e. The zero-order chi connectivity index (χ0) is 27.1. The molecule has 38 heavy (non-hydrogen) atoms. The fraction of sp³-hybridized carbons (Fsp3) is 0.286. The van der Waals surface area contributed by atoms with Crippen LogP contribution in [-0.4, -0.2) is 57.1 Å². The zero-order valence-corrected chi connectivity index (χ0v) is 22.8. The van der Waals surface area contributed by atoms with Crippen molar-refractivity contribution in [1.82, 2.24) is 20.1 Å². The summed E-state index contributed by atoms with van der Waals surface area (Å²) in [5, 5.41) is 4.11. The zero-order valence-electron chi connectivity index (χ0n) is 20.5. The summed E-state index contributed by atoms with van der Waals surface area (Å²) >= 11 is 18.6. The summed E-state index contributed by atoms with van der Waals surface area (Å²) in [6.07, 6.45) is 4.02. The van der Waals surface area contributed by atoms with Crippen molar-refractivity contribution in [1.29, 1.82) is 0 Å². The lowest BCUT2D eigenvalue weighted by Gasteiger charge is -2.41. The van der Waals surface area contributed by atoms with E-state index in [4.69, 9.17) is 34.8 Å². The highest BCUT2D eigenvalue weighted by molar-refractivity contribution is 6.30. The van der Waals surface area contributed by atoms with E-state index in [2.05, 4.69) is 10.3 Å². The number of hydrogen-bond donors (Lipinski definition) is 1. The molecule has 0 aliphatic carbocycles. The van der Waals surface area contributed by atoms with E-state index in [1.807, 2.05) is 24.3 Å². The Hall–Kier alpha value is -3.13. The molecule has 0 radical (unpaired) electrons. The highest BCUT2D eigenvalue weighted by atomic mass is 35.5. The Labute approximate surface area is 236 Å². The predicted octanol–water partition coefficient (Wildman–Crippen LogP) is 4.48. The maximum atomic E-state index is 13.6. The third kappa shape index (κ3) is 7.47. The molecule has 0 saturated carbocycles. The topological polar surface area (TPSA) is 82.6 Å². The van der Waals surface area contributed by atoms with Crippen molar-refractivity contribution in [3.05, 3.63) is 99.8 Å². The van der Waals surface area contributed by atoms with Crippen LogP contribution < -0.4 is 5.32 Å². The first-order chi connectivity index (χ1) is 18.3. The highest BCUT2D eigenvalue weighted by Gasteiger charge is 2.42.